The molecule has 1 aromatic rings. The van der Waals surface area contributed by atoms with E-state index in [1.54, 1.807) is 24.1 Å². The zero-order valence-corrected chi connectivity index (χ0v) is 12.6. The Hall–Kier alpha value is -1.88. The van der Waals surface area contributed by atoms with Gasteiger partial charge in [-0.15, -0.1) is 0 Å². The molecule has 0 bridgehead atoms. The second kappa shape index (κ2) is 6.72. The van der Waals surface area contributed by atoms with Gasteiger partial charge < -0.3 is 4.90 Å². The third-order valence-corrected chi connectivity index (χ3v) is 3.67. The van der Waals surface area contributed by atoms with Crippen LogP contribution < -0.4 is 0 Å². The molecule has 1 saturated heterocycles. The molecule has 0 N–H and O–H groups in total. The molecule has 21 heavy (non-hydrogen) atoms. The number of nitrogens with zero attached hydrogens (tertiary/aromatic N) is 2. The van der Waals surface area contributed by atoms with Gasteiger partial charge in [-0.05, 0) is 17.7 Å². The molecular formula is C15H17ClN2O3. The Morgan fingerprint density at radius 3 is 2.57 bits per heavy atom. The van der Waals surface area contributed by atoms with Gasteiger partial charge in [0.2, 0.25) is 17.7 Å². The number of carbonyl (C=O) groups is 3. The lowest BCUT2D eigenvalue weighted by atomic mass is 10.2. The van der Waals surface area contributed by atoms with Gasteiger partial charge in [-0.3, -0.25) is 19.3 Å². The number of likely N-dealkylation sites (tertiary alicyclic amines) is 1. The Bertz CT molecular complexity index is 558. The van der Waals surface area contributed by atoms with E-state index in [1.165, 1.54) is 4.90 Å². The van der Waals surface area contributed by atoms with E-state index in [0.29, 0.717) is 11.6 Å². The lowest BCUT2D eigenvalue weighted by molar-refractivity contribution is -0.139. The van der Waals surface area contributed by atoms with Crippen LogP contribution in [0, 0.1) is 0 Å². The summed E-state index contributed by atoms with van der Waals surface area (Å²) in [5.74, 6) is -0.488. The van der Waals surface area contributed by atoms with Crippen LogP contribution in [-0.4, -0.2) is 41.1 Å². The zero-order valence-electron chi connectivity index (χ0n) is 11.8. The van der Waals surface area contributed by atoms with Crippen molar-refractivity contribution in [3.63, 3.8) is 0 Å². The maximum Gasteiger partial charge on any atom is 0.229 e. The van der Waals surface area contributed by atoms with Crippen molar-refractivity contribution in [1.29, 1.82) is 0 Å². The van der Waals surface area contributed by atoms with Crippen LogP contribution in [0.2, 0.25) is 5.02 Å². The summed E-state index contributed by atoms with van der Waals surface area (Å²) in [6, 6.07) is 7.30. The van der Waals surface area contributed by atoms with Gasteiger partial charge in [0.05, 0.1) is 0 Å². The summed E-state index contributed by atoms with van der Waals surface area (Å²) in [7, 11) is 1.69. The Morgan fingerprint density at radius 2 is 1.95 bits per heavy atom. The van der Waals surface area contributed by atoms with E-state index in [0.717, 1.165) is 5.56 Å². The summed E-state index contributed by atoms with van der Waals surface area (Å²) in [6.45, 7) is 0.609. The summed E-state index contributed by atoms with van der Waals surface area (Å²) in [5.41, 5.74) is 0.937. The van der Waals surface area contributed by atoms with E-state index < -0.39 is 0 Å². The number of amides is 3. The third kappa shape index (κ3) is 4.04. The molecule has 1 aromatic carbocycles. The minimum Gasteiger partial charge on any atom is -0.341 e. The minimum absolute atomic E-state index is 0.109. The average Bonchev–Trinajstić information content (AvgIpc) is 2.75. The highest BCUT2D eigenvalue weighted by molar-refractivity contribution is 6.30. The van der Waals surface area contributed by atoms with Crippen molar-refractivity contribution in [1.82, 2.24) is 9.80 Å². The zero-order chi connectivity index (χ0) is 15.4. The smallest absolute Gasteiger partial charge is 0.229 e. The molecule has 1 fully saturated rings. The van der Waals surface area contributed by atoms with Crippen molar-refractivity contribution in [2.45, 2.75) is 25.8 Å². The summed E-state index contributed by atoms with van der Waals surface area (Å²) >= 11 is 5.90. The number of imide groups is 1. The van der Waals surface area contributed by atoms with Gasteiger partial charge >= 0.3 is 0 Å². The minimum atomic E-state index is -0.190. The molecule has 0 atom stereocenters. The summed E-state index contributed by atoms with van der Waals surface area (Å²) < 4.78 is 0. The lowest BCUT2D eigenvalue weighted by Gasteiger charge is -2.19. The molecular weight excluding hydrogens is 292 g/mol. The van der Waals surface area contributed by atoms with Gasteiger partial charge in [-0.2, -0.15) is 0 Å². The number of hydrogen-bond acceptors (Lipinski definition) is 3. The topological polar surface area (TPSA) is 57.7 Å². The fourth-order valence-electron chi connectivity index (χ4n) is 2.27. The maximum absolute atomic E-state index is 12.0. The van der Waals surface area contributed by atoms with Crippen LogP contribution in [0.15, 0.2) is 24.3 Å². The molecule has 112 valence electrons. The second-order valence-corrected chi connectivity index (χ2v) is 5.51. The SMILES string of the molecule is CN(Cc1cccc(Cl)c1)C(=O)CCN1C(=O)CCC1=O. The predicted octanol–water partition coefficient (Wildman–Crippen LogP) is 1.84. The fraction of sp³-hybridized carbons (Fsp3) is 0.400. The first-order valence-electron chi connectivity index (χ1n) is 6.79. The molecule has 0 aromatic heterocycles. The average molecular weight is 309 g/mol. The van der Waals surface area contributed by atoms with E-state index in [-0.39, 0.29) is 43.5 Å². The summed E-state index contributed by atoms with van der Waals surface area (Å²) in [5, 5.41) is 0.626. The van der Waals surface area contributed by atoms with Gasteiger partial charge in [0, 0.05) is 44.4 Å². The number of carbonyl (C=O) groups excluding carboxylic acids is 3. The van der Waals surface area contributed by atoms with Crippen LogP contribution in [0.1, 0.15) is 24.8 Å². The summed E-state index contributed by atoms with van der Waals surface area (Å²) in [6.07, 6.45) is 0.658. The van der Waals surface area contributed by atoms with E-state index >= 15 is 0 Å². The fourth-order valence-corrected chi connectivity index (χ4v) is 2.48. The molecule has 1 aliphatic rings. The molecule has 3 amide bonds. The van der Waals surface area contributed by atoms with E-state index in [9.17, 15) is 14.4 Å². The normalized spacial score (nSPS) is 14.7. The second-order valence-electron chi connectivity index (χ2n) is 5.07. The van der Waals surface area contributed by atoms with Gasteiger partial charge in [0.15, 0.2) is 0 Å². The Morgan fingerprint density at radius 1 is 1.29 bits per heavy atom. The van der Waals surface area contributed by atoms with Crippen LogP contribution >= 0.6 is 11.6 Å². The molecule has 0 radical (unpaired) electrons. The van der Waals surface area contributed by atoms with Crippen molar-refractivity contribution in [2.75, 3.05) is 13.6 Å². The Kier molecular flexibility index (Phi) is 4.96. The predicted molar refractivity (Wildman–Crippen MR) is 78.5 cm³/mol. The number of rotatable bonds is 5. The number of benzene rings is 1. The summed E-state index contributed by atoms with van der Waals surface area (Å²) in [4.78, 5) is 37.7. The van der Waals surface area contributed by atoms with Crippen molar-refractivity contribution in [2.24, 2.45) is 0 Å². The molecule has 1 aliphatic heterocycles. The third-order valence-electron chi connectivity index (χ3n) is 3.44. The quantitative estimate of drug-likeness (QED) is 0.780. The first-order chi connectivity index (χ1) is 9.97. The number of halogens is 1. The lowest BCUT2D eigenvalue weighted by Crippen LogP contribution is -2.34. The first-order valence-corrected chi connectivity index (χ1v) is 7.17. The van der Waals surface area contributed by atoms with Gasteiger partial charge in [0.1, 0.15) is 0 Å². The number of hydrogen-bond donors (Lipinski definition) is 0. The molecule has 2 rings (SSSR count). The highest BCUT2D eigenvalue weighted by atomic mass is 35.5. The standard InChI is InChI=1S/C15H17ClN2O3/c1-17(10-11-3-2-4-12(16)9-11)13(19)7-8-18-14(20)5-6-15(18)21/h2-4,9H,5-8,10H2,1H3. The van der Waals surface area contributed by atoms with Gasteiger partial charge in [-0.25, -0.2) is 0 Å². The highest BCUT2D eigenvalue weighted by Gasteiger charge is 2.29. The highest BCUT2D eigenvalue weighted by Crippen LogP contribution is 2.14. The molecule has 1 heterocycles. The van der Waals surface area contributed by atoms with Gasteiger partial charge in [-0.1, -0.05) is 23.7 Å². The van der Waals surface area contributed by atoms with Crippen LogP contribution in [0.25, 0.3) is 0 Å². The molecule has 0 spiro atoms. The van der Waals surface area contributed by atoms with Crippen LogP contribution in [0.5, 0.6) is 0 Å². The Balaban J connectivity index is 1.85. The monoisotopic (exact) mass is 308 g/mol. The van der Waals surface area contributed by atoms with Gasteiger partial charge in [0.25, 0.3) is 0 Å². The molecule has 0 unspecified atom stereocenters. The molecule has 0 aliphatic carbocycles. The van der Waals surface area contributed by atoms with Crippen LogP contribution in [-0.2, 0) is 20.9 Å². The molecule has 0 saturated carbocycles. The maximum atomic E-state index is 12.0. The van der Waals surface area contributed by atoms with E-state index in [2.05, 4.69) is 0 Å². The largest absolute Gasteiger partial charge is 0.341 e. The van der Waals surface area contributed by atoms with Crippen LogP contribution in [0.4, 0.5) is 0 Å². The van der Waals surface area contributed by atoms with E-state index in [4.69, 9.17) is 11.6 Å². The van der Waals surface area contributed by atoms with E-state index in [1.807, 2.05) is 12.1 Å². The van der Waals surface area contributed by atoms with Crippen molar-refractivity contribution < 1.29 is 14.4 Å². The molecule has 6 heteroatoms. The molecule has 5 nitrogen and oxygen atoms in total. The Labute approximate surface area is 128 Å². The van der Waals surface area contributed by atoms with Crippen molar-refractivity contribution in [3.8, 4) is 0 Å². The van der Waals surface area contributed by atoms with Crippen molar-refractivity contribution in [3.05, 3.63) is 34.9 Å². The van der Waals surface area contributed by atoms with Crippen LogP contribution in [0.3, 0.4) is 0 Å². The first kappa shape index (κ1) is 15.5. The van der Waals surface area contributed by atoms with Crippen molar-refractivity contribution >= 4 is 29.3 Å².